The number of halogens is 1. The van der Waals surface area contributed by atoms with Crippen molar-refractivity contribution in [3.8, 4) is 33.6 Å². The van der Waals surface area contributed by atoms with Crippen LogP contribution in [0, 0.1) is 11.3 Å². The molecular formula is C23H16ClN5OS. The van der Waals surface area contributed by atoms with Gasteiger partial charge in [-0.3, -0.25) is 4.79 Å². The summed E-state index contributed by atoms with van der Waals surface area (Å²) < 4.78 is 1.84. The molecular weight excluding hydrogens is 430 g/mol. The molecule has 0 bridgehead atoms. The molecule has 0 unspecified atom stereocenters. The highest BCUT2D eigenvalue weighted by Crippen LogP contribution is 2.44. The van der Waals surface area contributed by atoms with E-state index in [0.717, 1.165) is 45.9 Å². The maximum Gasteiger partial charge on any atom is 0.223 e. The average molecular weight is 446 g/mol. The number of amides is 1. The fraction of sp³-hybridized carbons (Fsp3) is 0.130. The van der Waals surface area contributed by atoms with Gasteiger partial charge in [-0.25, -0.2) is 9.67 Å². The van der Waals surface area contributed by atoms with Crippen LogP contribution < -0.4 is 5.32 Å². The summed E-state index contributed by atoms with van der Waals surface area (Å²) in [4.78, 5) is 17.1. The Morgan fingerprint density at radius 2 is 2.03 bits per heavy atom. The van der Waals surface area contributed by atoms with Crippen LogP contribution in [0.4, 0.5) is 5.13 Å². The van der Waals surface area contributed by atoms with Gasteiger partial charge in [0.05, 0.1) is 44.3 Å². The molecule has 0 atom stereocenters. The maximum atomic E-state index is 11.5. The second-order valence-corrected chi connectivity index (χ2v) is 8.61. The summed E-state index contributed by atoms with van der Waals surface area (Å²) in [6.45, 7) is 1.47. The number of benzene rings is 2. The smallest absolute Gasteiger partial charge is 0.223 e. The van der Waals surface area contributed by atoms with E-state index in [2.05, 4.69) is 16.4 Å². The third-order valence-electron chi connectivity index (χ3n) is 5.14. The third-order valence-corrected chi connectivity index (χ3v) is 6.47. The van der Waals surface area contributed by atoms with E-state index in [1.54, 1.807) is 12.1 Å². The Labute approximate surface area is 187 Å². The van der Waals surface area contributed by atoms with Crippen molar-refractivity contribution in [2.24, 2.45) is 0 Å². The van der Waals surface area contributed by atoms with Crippen molar-refractivity contribution in [2.75, 3.05) is 5.32 Å². The standard InChI is InChI=1S/C23H16ClN5OS/c1-13(30)26-23-27-18-9-8-16-20(15-5-3-2-4-6-15)28-29(21(16)22(18)31-23)19-10-7-14(12-25)11-17(19)24/h2-7,10-11H,8-9H2,1H3,(H,26,27,30). The molecule has 1 aliphatic carbocycles. The van der Waals surface area contributed by atoms with Crippen LogP contribution in [0.1, 0.15) is 23.7 Å². The Hall–Kier alpha value is -3.47. The van der Waals surface area contributed by atoms with Gasteiger partial charge in [0.2, 0.25) is 5.91 Å². The Morgan fingerprint density at radius 1 is 1.23 bits per heavy atom. The van der Waals surface area contributed by atoms with Crippen LogP contribution in [0.5, 0.6) is 0 Å². The number of nitrogens with one attached hydrogen (secondary N) is 1. The van der Waals surface area contributed by atoms with Gasteiger partial charge in [-0.1, -0.05) is 53.3 Å². The quantitative estimate of drug-likeness (QED) is 0.467. The summed E-state index contributed by atoms with van der Waals surface area (Å²) in [6.07, 6.45) is 1.55. The number of anilines is 1. The van der Waals surface area contributed by atoms with Crippen molar-refractivity contribution in [3.63, 3.8) is 0 Å². The van der Waals surface area contributed by atoms with E-state index in [1.807, 2.05) is 41.1 Å². The van der Waals surface area contributed by atoms with Gasteiger partial charge in [0.15, 0.2) is 5.13 Å². The van der Waals surface area contributed by atoms with Crippen molar-refractivity contribution in [1.82, 2.24) is 14.8 Å². The Bertz CT molecular complexity index is 1370. The number of nitrogens with zero attached hydrogens (tertiary/aromatic N) is 4. The summed E-state index contributed by atoms with van der Waals surface area (Å²) in [5.74, 6) is -0.153. The van der Waals surface area contributed by atoms with Gasteiger partial charge in [0.1, 0.15) is 0 Å². The first-order valence-corrected chi connectivity index (χ1v) is 10.9. The highest BCUT2D eigenvalue weighted by atomic mass is 35.5. The van der Waals surface area contributed by atoms with Gasteiger partial charge < -0.3 is 5.32 Å². The third kappa shape index (κ3) is 3.40. The van der Waals surface area contributed by atoms with Gasteiger partial charge >= 0.3 is 0 Å². The second kappa shape index (κ2) is 7.65. The first-order valence-electron chi connectivity index (χ1n) is 9.70. The van der Waals surface area contributed by atoms with Crippen molar-refractivity contribution < 1.29 is 4.79 Å². The second-order valence-electron chi connectivity index (χ2n) is 7.21. The first kappa shape index (κ1) is 19.5. The van der Waals surface area contributed by atoms with E-state index in [4.69, 9.17) is 16.7 Å². The summed E-state index contributed by atoms with van der Waals surface area (Å²) >= 11 is 8.00. The van der Waals surface area contributed by atoms with Crippen LogP contribution in [0.25, 0.3) is 27.5 Å². The van der Waals surface area contributed by atoms with E-state index in [-0.39, 0.29) is 5.91 Å². The lowest BCUT2D eigenvalue weighted by Crippen LogP contribution is -2.07. The van der Waals surface area contributed by atoms with Crippen molar-refractivity contribution in [2.45, 2.75) is 19.8 Å². The van der Waals surface area contributed by atoms with E-state index in [9.17, 15) is 10.1 Å². The first-order chi connectivity index (χ1) is 15.0. The van der Waals surface area contributed by atoms with Gasteiger partial charge in [0.25, 0.3) is 0 Å². The fourth-order valence-corrected chi connectivity index (χ4v) is 5.20. The predicted molar refractivity (Wildman–Crippen MR) is 122 cm³/mol. The molecule has 0 spiro atoms. The fourth-order valence-electron chi connectivity index (χ4n) is 3.82. The molecule has 2 aromatic carbocycles. The van der Waals surface area contributed by atoms with Crippen LogP contribution in [0.15, 0.2) is 48.5 Å². The Morgan fingerprint density at radius 3 is 2.74 bits per heavy atom. The number of hydrogen-bond donors (Lipinski definition) is 1. The van der Waals surface area contributed by atoms with Crippen LogP contribution in [0.2, 0.25) is 5.02 Å². The number of aryl methyl sites for hydroxylation is 1. The lowest BCUT2D eigenvalue weighted by molar-refractivity contribution is -0.114. The zero-order valence-corrected chi connectivity index (χ0v) is 18.1. The molecule has 5 rings (SSSR count). The summed E-state index contributed by atoms with van der Waals surface area (Å²) in [7, 11) is 0. The van der Waals surface area contributed by atoms with Crippen LogP contribution in [-0.4, -0.2) is 20.7 Å². The van der Waals surface area contributed by atoms with Crippen molar-refractivity contribution >= 4 is 34.0 Å². The van der Waals surface area contributed by atoms with Crippen LogP contribution in [0.3, 0.4) is 0 Å². The summed E-state index contributed by atoms with van der Waals surface area (Å²) in [5, 5.41) is 18.0. The number of fused-ring (bicyclic) bond motifs is 3. The summed E-state index contributed by atoms with van der Waals surface area (Å²) in [6, 6.07) is 17.3. The number of rotatable bonds is 3. The van der Waals surface area contributed by atoms with Crippen molar-refractivity contribution in [3.05, 3.63) is 70.4 Å². The molecule has 0 fully saturated rings. The highest BCUT2D eigenvalue weighted by Gasteiger charge is 2.30. The Kier molecular flexibility index (Phi) is 4.81. The molecule has 2 aromatic heterocycles. The number of carbonyl (C=O) groups excluding carboxylic acids is 1. The number of carbonyl (C=O) groups is 1. The highest BCUT2D eigenvalue weighted by molar-refractivity contribution is 7.19. The molecule has 152 valence electrons. The average Bonchev–Trinajstić information content (AvgIpc) is 3.34. The molecule has 1 amide bonds. The van der Waals surface area contributed by atoms with E-state index in [1.165, 1.54) is 18.3 Å². The minimum Gasteiger partial charge on any atom is -0.302 e. The Balaban J connectivity index is 1.76. The number of hydrogen-bond acceptors (Lipinski definition) is 5. The number of nitriles is 1. The van der Waals surface area contributed by atoms with Gasteiger partial charge in [-0.15, -0.1) is 0 Å². The molecule has 31 heavy (non-hydrogen) atoms. The zero-order valence-electron chi connectivity index (χ0n) is 16.5. The molecule has 0 saturated carbocycles. The van der Waals surface area contributed by atoms with Gasteiger partial charge in [-0.05, 0) is 31.0 Å². The number of thiazole rings is 1. The van der Waals surface area contributed by atoms with E-state index >= 15 is 0 Å². The van der Waals surface area contributed by atoms with E-state index in [0.29, 0.717) is 21.4 Å². The minimum atomic E-state index is -0.153. The molecule has 8 heteroatoms. The largest absolute Gasteiger partial charge is 0.302 e. The predicted octanol–water partition coefficient (Wildman–Crippen LogP) is 5.24. The summed E-state index contributed by atoms with van der Waals surface area (Å²) in [5.41, 5.74) is 6.10. The van der Waals surface area contributed by atoms with Crippen LogP contribution in [-0.2, 0) is 17.6 Å². The maximum absolute atomic E-state index is 11.5. The molecule has 1 N–H and O–H groups in total. The molecule has 6 nitrogen and oxygen atoms in total. The zero-order chi connectivity index (χ0) is 21.5. The monoisotopic (exact) mass is 445 g/mol. The topological polar surface area (TPSA) is 83.6 Å². The number of aromatic nitrogens is 3. The molecule has 0 aliphatic heterocycles. The van der Waals surface area contributed by atoms with Gasteiger partial charge in [-0.2, -0.15) is 10.4 Å². The SMILES string of the molecule is CC(=O)Nc1nc2c(s1)-c1c(c(-c3ccccc3)nn1-c1ccc(C#N)cc1Cl)CC2. The van der Waals surface area contributed by atoms with Crippen LogP contribution >= 0.6 is 22.9 Å². The lowest BCUT2D eigenvalue weighted by Gasteiger charge is -2.15. The molecule has 4 aromatic rings. The lowest BCUT2D eigenvalue weighted by atomic mass is 9.95. The van der Waals surface area contributed by atoms with Gasteiger partial charge in [0, 0.05) is 18.1 Å². The molecule has 0 radical (unpaired) electrons. The van der Waals surface area contributed by atoms with E-state index < -0.39 is 0 Å². The molecule has 1 aliphatic rings. The van der Waals surface area contributed by atoms with Crippen molar-refractivity contribution in [1.29, 1.82) is 5.26 Å². The normalized spacial score (nSPS) is 12.0. The molecule has 0 saturated heterocycles. The minimum absolute atomic E-state index is 0.153. The molecule has 2 heterocycles.